The molecule has 0 saturated heterocycles. The van der Waals surface area contributed by atoms with Crippen molar-refractivity contribution in [3.63, 3.8) is 0 Å². The lowest BCUT2D eigenvalue weighted by Crippen LogP contribution is -2.26. The van der Waals surface area contributed by atoms with Gasteiger partial charge in [0.15, 0.2) is 0 Å². The number of ether oxygens (including phenoxy) is 1. The number of methoxy groups -OCH3 is 1. The van der Waals surface area contributed by atoms with Crippen molar-refractivity contribution in [1.29, 1.82) is 0 Å². The normalized spacial score (nSPS) is 13.4. The fourth-order valence-electron chi connectivity index (χ4n) is 2.17. The molecule has 0 amide bonds. The summed E-state index contributed by atoms with van der Waals surface area (Å²) >= 11 is 0. The summed E-state index contributed by atoms with van der Waals surface area (Å²) in [7, 11) is 0.307. The molecule has 1 aromatic carbocycles. The molecular weight excluding hydrogens is 250 g/mol. The highest BCUT2D eigenvalue weighted by Crippen LogP contribution is 2.30. The lowest BCUT2D eigenvalue weighted by Gasteiger charge is -2.21. The number of rotatable bonds is 5. The van der Waals surface area contributed by atoms with Crippen molar-refractivity contribution >= 4 is 9.84 Å². The predicted molar refractivity (Wildman–Crippen MR) is 74.0 cm³/mol. The number of aryl methyl sites for hydroxylation is 2. The van der Waals surface area contributed by atoms with Crippen LogP contribution >= 0.6 is 0 Å². The van der Waals surface area contributed by atoms with Crippen LogP contribution in [0.4, 0.5) is 0 Å². The van der Waals surface area contributed by atoms with E-state index in [1.54, 1.807) is 14.2 Å². The molecule has 0 aliphatic heterocycles. The zero-order valence-electron chi connectivity index (χ0n) is 11.6. The fraction of sp³-hybridized carbons (Fsp3) is 0.538. The Balaban J connectivity index is 3.28. The van der Waals surface area contributed by atoms with Crippen molar-refractivity contribution < 1.29 is 13.2 Å². The van der Waals surface area contributed by atoms with E-state index in [-0.39, 0.29) is 11.8 Å². The molecule has 0 saturated carbocycles. The van der Waals surface area contributed by atoms with E-state index in [1.807, 2.05) is 26.0 Å². The number of hydrogen-bond acceptors (Lipinski definition) is 4. The van der Waals surface area contributed by atoms with Gasteiger partial charge in [-0.1, -0.05) is 6.07 Å². The maximum absolute atomic E-state index is 11.5. The Kier molecular flexibility index (Phi) is 4.76. The van der Waals surface area contributed by atoms with Gasteiger partial charge in [0.1, 0.15) is 15.6 Å². The Morgan fingerprint density at radius 2 is 1.94 bits per heavy atom. The second-order valence-corrected chi connectivity index (χ2v) is 6.82. The van der Waals surface area contributed by atoms with Crippen LogP contribution in [0.1, 0.15) is 22.7 Å². The minimum Gasteiger partial charge on any atom is -0.496 e. The van der Waals surface area contributed by atoms with Gasteiger partial charge in [0.25, 0.3) is 0 Å². The van der Waals surface area contributed by atoms with Crippen molar-refractivity contribution in [1.82, 2.24) is 5.32 Å². The minimum absolute atomic E-state index is 0.0593. The number of benzene rings is 1. The summed E-state index contributed by atoms with van der Waals surface area (Å²) in [4.78, 5) is 0. The first-order chi connectivity index (χ1) is 8.28. The van der Waals surface area contributed by atoms with Gasteiger partial charge in [0.05, 0.1) is 12.9 Å². The van der Waals surface area contributed by atoms with Gasteiger partial charge in [0, 0.05) is 17.9 Å². The van der Waals surface area contributed by atoms with Gasteiger partial charge in [-0.2, -0.15) is 0 Å². The van der Waals surface area contributed by atoms with E-state index >= 15 is 0 Å². The number of hydrogen-bond donors (Lipinski definition) is 1. The average Bonchev–Trinajstić information content (AvgIpc) is 2.24. The summed E-state index contributed by atoms with van der Waals surface area (Å²) in [6.07, 6.45) is 1.24. The van der Waals surface area contributed by atoms with Crippen LogP contribution in [0.25, 0.3) is 0 Å². The van der Waals surface area contributed by atoms with E-state index in [0.29, 0.717) is 0 Å². The van der Waals surface area contributed by atoms with Crippen LogP contribution in [-0.2, 0) is 9.84 Å². The van der Waals surface area contributed by atoms with Gasteiger partial charge in [-0.25, -0.2) is 8.42 Å². The molecule has 0 heterocycles. The first-order valence-electron chi connectivity index (χ1n) is 5.78. The summed E-state index contributed by atoms with van der Waals surface area (Å²) in [5, 5.41) is 3.05. The van der Waals surface area contributed by atoms with Gasteiger partial charge in [-0.15, -0.1) is 0 Å². The molecule has 1 atom stereocenters. The quantitative estimate of drug-likeness (QED) is 0.884. The highest BCUT2D eigenvalue weighted by Gasteiger charge is 2.21. The highest BCUT2D eigenvalue weighted by molar-refractivity contribution is 7.90. The van der Waals surface area contributed by atoms with Crippen LogP contribution in [0, 0.1) is 13.8 Å². The molecule has 0 fully saturated rings. The Hall–Kier alpha value is -1.07. The SMILES string of the molecule is CNC(CS(C)(=O)=O)c1c(C)cc(C)cc1OC. The van der Waals surface area contributed by atoms with Crippen molar-refractivity contribution in [3.05, 3.63) is 28.8 Å². The second kappa shape index (κ2) is 5.71. The molecule has 0 radical (unpaired) electrons. The van der Waals surface area contributed by atoms with E-state index in [0.717, 1.165) is 22.4 Å². The Labute approximate surface area is 109 Å². The van der Waals surface area contributed by atoms with Crippen LogP contribution in [0.2, 0.25) is 0 Å². The molecule has 0 bridgehead atoms. The second-order valence-electron chi connectivity index (χ2n) is 4.63. The van der Waals surface area contributed by atoms with Crippen LogP contribution in [-0.4, -0.2) is 34.6 Å². The Morgan fingerprint density at radius 3 is 2.39 bits per heavy atom. The smallest absolute Gasteiger partial charge is 0.149 e. The van der Waals surface area contributed by atoms with Crippen LogP contribution in [0.15, 0.2) is 12.1 Å². The van der Waals surface area contributed by atoms with E-state index in [9.17, 15) is 8.42 Å². The third kappa shape index (κ3) is 3.71. The third-order valence-electron chi connectivity index (χ3n) is 2.88. The van der Waals surface area contributed by atoms with E-state index in [2.05, 4.69) is 5.32 Å². The molecule has 1 aromatic rings. The molecule has 1 rings (SSSR count). The molecular formula is C13H21NO3S. The van der Waals surface area contributed by atoms with Crippen LogP contribution in [0.5, 0.6) is 5.75 Å². The van der Waals surface area contributed by atoms with Crippen LogP contribution in [0.3, 0.4) is 0 Å². The molecule has 0 aliphatic carbocycles. The van der Waals surface area contributed by atoms with E-state index in [4.69, 9.17) is 4.74 Å². The maximum Gasteiger partial charge on any atom is 0.149 e. The zero-order valence-corrected chi connectivity index (χ0v) is 12.4. The van der Waals surface area contributed by atoms with Crippen molar-refractivity contribution in [2.24, 2.45) is 0 Å². The molecule has 1 N–H and O–H groups in total. The molecule has 0 aliphatic rings. The first kappa shape index (κ1) is 15.0. The maximum atomic E-state index is 11.5. The Morgan fingerprint density at radius 1 is 1.33 bits per heavy atom. The van der Waals surface area contributed by atoms with Gasteiger partial charge in [-0.3, -0.25) is 0 Å². The third-order valence-corrected chi connectivity index (χ3v) is 3.82. The molecule has 18 heavy (non-hydrogen) atoms. The number of nitrogens with one attached hydrogen (secondary N) is 1. The van der Waals surface area contributed by atoms with Crippen LogP contribution < -0.4 is 10.1 Å². The molecule has 1 unspecified atom stereocenters. The largest absolute Gasteiger partial charge is 0.496 e. The molecule has 0 aromatic heterocycles. The summed E-state index contributed by atoms with van der Waals surface area (Å²) in [6, 6.07) is 3.70. The summed E-state index contributed by atoms with van der Waals surface area (Å²) < 4.78 is 28.3. The van der Waals surface area contributed by atoms with Gasteiger partial charge in [-0.05, 0) is 38.1 Å². The molecule has 0 spiro atoms. The van der Waals surface area contributed by atoms with Gasteiger partial charge < -0.3 is 10.1 Å². The topological polar surface area (TPSA) is 55.4 Å². The highest BCUT2D eigenvalue weighted by atomic mass is 32.2. The van der Waals surface area contributed by atoms with Crippen molar-refractivity contribution in [2.45, 2.75) is 19.9 Å². The van der Waals surface area contributed by atoms with Crippen molar-refractivity contribution in [3.8, 4) is 5.75 Å². The Bertz CT molecular complexity index is 523. The summed E-state index contributed by atoms with van der Waals surface area (Å²) in [5.41, 5.74) is 3.05. The zero-order chi connectivity index (χ0) is 13.9. The molecule has 4 nitrogen and oxygen atoms in total. The predicted octanol–water partition coefficient (Wildman–Crippen LogP) is 1.62. The summed E-state index contributed by atoms with van der Waals surface area (Å²) in [5.74, 6) is 0.791. The monoisotopic (exact) mass is 271 g/mol. The molecule has 5 heteroatoms. The minimum atomic E-state index is -3.05. The fourth-order valence-corrected chi connectivity index (χ4v) is 3.11. The van der Waals surface area contributed by atoms with Crippen molar-refractivity contribution in [2.75, 3.05) is 26.2 Å². The standard InChI is InChI=1S/C13H21NO3S/c1-9-6-10(2)13(12(7-9)17-4)11(14-3)8-18(5,15)16/h6-7,11,14H,8H2,1-5H3. The van der Waals surface area contributed by atoms with E-state index in [1.165, 1.54) is 6.26 Å². The molecule has 102 valence electrons. The lowest BCUT2D eigenvalue weighted by atomic mass is 9.99. The van der Waals surface area contributed by atoms with Gasteiger partial charge >= 0.3 is 0 Å². The number of sulfone groups is 1. The lowest BCUT2D eigenvalue weighted by molar-refractivity contribution is 0.403. The average molecular weight is 271 g/mol. The first-order valence-corrected chi connectivity index (χ1v) is 7.84. The van der Waals surface area contributed by atoms with Gasteiger partial charge in [0.2, 0.25) is 0 Å². The summed E-state index contributed by atoms with van der Waals surface area (Å²) in [6.45, 7) is 3.96. The van der Waals surface area contributed by atoms with E-state index < -0.39 is 9.84 Å².